The van der Waals surface area contributed by atoms with Crippen LogP contribution in [0.3, 0.4) is 0 Å². The van der Waals surface area contributed by atoms with Gasteiger partial charge >= 0.3 is 0 Å². The number of benzene rings is 1. The molecule has 0 radical (unpaired) electrons. The summed E-state index contributed by atoms with van der Waals surface area (Å²) in [6.07, 6.45) is 6.43. The van der Waals surface area contributed by atoms with Crippen molar-refractivity contribution in [2.75, 3.05) is 0 Å². The Morgan fingerprint density at radius 2 is 2.00 bits per heavy atom. The highest BCUT2D eigenvalue weighted by molar-refractivity contribution is 6.31. The van der Waals surface area contributed by atoms with Gasteiger partial charge in [-0.3, -0.25) is 0 Å². The van der Waals surface area contributed by atoms with Crippen LogP contribution < -0.4 is 0 Å². The Hall–Kier alpha value is -0.730. The second-order valence-electron chi connectivity index (χ2n) is 4.96. The van der Waals surface area contributed by atoms with Crippen molar-refractivity contribution >= 4 is 34.2 Å². The number of nitrogens with zero attached hydrogens (tertiary/aromatic N) is 2. The summed E-state index contributed by atoms with van der Waals surface area (Å²) in [5.74, 6) is 1.43. The number of hydrogen-bond acceptors (Lipinski definition) is 1. The topological polar surface area (TPSA) is 17.8 Å². The average molecular weight is 283 g/mol. The zero-order chi connectivity index (χ0) is 12.5. The summed E-state index contributed by atoms with van der Waals surface area (Å²) < 4.78 is 2.33. The number of hydrogen-bond donors (Lipinski definition) is 0. The van der Waals surface area contributed by atoms with Crippen LogP contribution in [0.4, 0.5) is 0 Å². The Kier molecular flexibility index (Phi) is 3.49. The highest BCUT2D eigenvalue weighted by Crippen LogP contribution is 2.33. The lowest BCUT2D eigenvalue weighted by molar-refractivity contribution is 0.354. The van der Waals surface area contributed by atoms with Crippen molar-refractivity contribution in [1.82, 2.24) is 9.55 Å². The van der Waals surface area contributed by atoms with Crippen molar-refractivity contribution in [2.24, 2.45) is 0 Å². The van der Waals surface area contributed by atoms with E-state index in [-0.39, 0.29) is 0 Å². The number of fused-ring (bicyclic) bond motifs is 1. The van der Waals surface area contributed by atoms with Crippen LogP contribution in [-0.4, -0.2) is 9.55 Å². The van der Waals surface area contributed by atoms with Crippen LogP contribution in [0.25, 0.3) is 11.0 Å². The van der Waals surface area contributed by atoms with Gasteiger partial charge in [0.1, 0.15) is 5.82 Å². The summed E-state index contributed by atoms with van der Waals surface area (Å²) in [4.78, 5) is 4.61. The van der Waals surface area contributed by atoms with E-state index in [2.05, 4.69) is 15.6 Å². The van der Waals surface area contributed by atoms with E-state index < -0.39 is 0 Å². The van der Waals surface area contributed by atoms with Crippen LogP contribution in [0, 0.1) is 0 Å². The molecule has 1 fully saturated rings. The van der Waals surface area contributed by atoms with Gasteiger partial charge in [0, 0.05) is 11.1 Å². The van der Waals surface area contributed by atoms with Gasteiger partial charge in [-0.15, -0.1) is 11.6 Å². The number of imidazole rings is 1. The van der Waals surface area contributed by atoms with E-state index in [1.54, 1.807) is 0 Å². The molecule has 1 aliphatic rings. The first-order chi connectivity index (χ1) is 8.79. The van der Waals surface area contributed by atoms with E-state index in [1.807, 2.05) is 12.1 Å². The van der Waals surface area contributed by atoms with Crippen LogP contribution in [0.1, 0.15) is 44.0 Å². The van der Waals surface area contributed by atoms with Gasteiger partial charge in [0.25, 0.3) is 0 Å². The number of rotatable bonds is 2. The van der Waals surface area contributed by atoms with E-state index in [0.717, 1.165) is 16.4 Å². The number of alkyl halides is 1. The second-order valence-corrected chi connectivity index (χ2v) is 5.66. The van der Waals surface area contributed by atoms with Gasteiger partial charge in [0.05, 0.1) is 16.9 Å². The van der Waals surface area contributed by atoms with E-state index in [0.29, 0.717) is 11.9 Å². The molecular formula is C14H16Cl2N2. The molecular weight excluding hydrogens is 267 g/mol. The molecule has 1 aliphatic carbocycles. The molecule has 1 aromatic heterocycles. The molecule has 1 saturated carbocycles. The van der Waals surface area contributed by atoms with Crippen molar-refractivity contribution < 1.29 is 0 Å². The summed E-state index contributed by atoms with van der Waals surface area (Å²) in [6.45, 7) is 0. The zero-order valence-electron chi connectivity index (χ0n) is 10.2. The van der Waals surface area contributed by atoms with Crippen molar-refractivity contribution in [3.63, 3.8) is 0 Å². The molecule has 2 nitrogen and oxygen atoms in total. The predicted octanol–water partition coefficient (Wildman–Crippen LogP) is 4.93. The predicted molar refractivity (Wildman–Crippen MR) is 76.4 cm³/mol. The van der Waals surface area contributed by atoms with E-state index in [9.17, 15) is 0 Å². The number of aromatic nitrogens is 2. The first-order valence-corrected chi connectivity index (χ1v) is 7.43. The maximum absolute atomic E-state index is 6.05. The highest BCUT2D eigenvalue weighted by Gasteiger charge is 2.20. The van der Waals surface area contributed by atoms with Gasteiger partial charge in [-0.05, 0) is 31.0 Å². The first kappa shape index (κ1) is 12.3. The summed E-state index contributed by atoms with van der Waals surface area (Å²) in [5, 5.41) is 0.733. The van der Waals surface area contributed by atoms with Gasteiger partial charge in [-0.25, -0.2) is 4.98 Å². The van der Waals surface area contributed by atoms with Crippen LogP contribution in [0.2, 0.25) is 5.02 Å². The largest absolute Gasteiger partial charge is 0.324 e. The molecule has 0 unspecified atom stereocenters. The Morgan fingerprint density at radius 3 is 2.72 bits per heavy atom. The van der Waals surface area contributed by atoms with Gasteiger partial charge in [0.15, 0.2) is 0 Å². The van der Waals surface area contributed by atoms with E-state index >= 15 is 0 Å². The standard InChI is InChI=1S/C14H16Cl2N2/c15-9-14-17-12-8-10(16)6-7-13(12)18(14)11-4-2-1-3-5-11/h6-8,11H,1-5,9H2. The molecule has 4 heteroatoms. The van der Waals surface area contributed by atoms with Crippen molar-refractivity contribution in [2.45, 2.75) is 44.0 Å². The third-order valence-corrected chi connectivity index (χ3v) is 4.26. The minimum Gasteiger partial charge on any atom is -0.324 e. The highest BCUT2D eigenvalue weighted by atomic mass is 35.5. The molecule has 3 rings (SSSR count). The monoisotopic (exact) mass is 282 g/mol. The minimum absolute atomic E-state index is 0.461. The Bertz CT molecular complexity index is 556. The van der Waals surface area contributed by atoms with Crippen molar-refractivity contribution in [1.29, 1.82) is 0 Å². The van der Waals surface area contributed by atoms with Gasteiger partial charge < -0.3 is 4.57 Å². The molecule has 0 spiro atoms. The lowest BCUT2D eigenvalue weighted by Crippen LogP contribution is -2.14. The smallest absolute Gasteiger partial charge is 0.125 e. The number of halogens is 2. The maximum Gasteiger partial charge on any atom is 0.125 e. The second kappa shape index (κ2) is 5.10. The molecule has 0 atom stereocenters. The third-order valence-electron chi connectivity index (χ3n) is 3.78. The minimum atomic E-state index is 0.461. The fourth-order valence-corrected chi connectivity index (χ4v) is 3.32. The molecule has 96 valence electrons. The Labute approximate surface area is 117 Å². The summed E-state index contributed by atoms with van der Waals surface area (Å²) in [7, 11) is 0. The molecule has 1 heterocycles. The zero-order valence-corrected chi connectivity index (χ0v) is 11.7. The van der Waals surface area contributed by atoms with Crippen LogP contribution in [0.5, 0.6) is 0 Å². The van der Waals surface area contributed by atoms with Crippen LogP contribution in [-0.2, 0) is 5.88 Å². The molecule has 0 aliphatic heterocycles. The fraction of sp³-hybridized carbons (Fsp3) is 0.500. The molecule has 2 aromatic rings. The quantitative estimate of drug-likeness (QED) is 0.714. The molecule has 0 amide bonds. The fourth-order valence-electron chi connectivity index (χ4n) is 2.96. The van der Waals surface area contributed by atoms with Crippen LogP contribution >= 0.6 is 23.2 Å². The van der Waals surface area contributed by atoms with Crippen molar-refractivity contribution in [3.05, 3.63) is 29.0 Å². The molecule has 0 saturated heterocycles. The third kappa shape index (κ3) is 2.12. The lowest BCUT2D eigenvalue weighted by atomic mass is 9.95. The van der Waals surface area contributed by atoms with E-state index in [4.69, 9.17) is 23.2 Å². The average Bonchev–Trinajstić information content (AvgIpc) is 2.77. The molecule has 1 aromatic carbocycles. The SMILES string of the molecule is ClCc1nc2cc(Cl)ccc2n1C1CCCCC1. The molecule has 0 bridgehead atoms. The summed E-state index contributed by atoms with van der Waals surface area (Å²) in [6, 6.07) is 6.48. The maximum atomic E-state index is 6.05. The normalized spacial score (nSPS) is 17.4. The molecule has 0 N–H and O–H groups in total. The summed E-state index contributed by atoms with van der Waals surface area (Å²) in [5.41, 5.74) is 2.13. The summed E-state index contributed by atoms with van der Waals surface area (Å²) >= 11 is 12.1. The first-order valence-electron chi connectivity index (χ1n) is 6.52. The molecule has 18 heavy (non-hydrogen) atoms. The van der Waals surface area contributed by atoms with Crippen LogP contribution in [0.15, 0.2) is 18.2 Å². The van der Waals surface area contributed by atoms with Gasteiger partial charge in [-0.2, -0.15) is 0 Å². The van der Waals surface area contributed by atoms with Gasteiger partial charge in [0.2, 0.25) is 0 Å². The Morgan fingerprint density at radius 1 is 1.22 bits per heavy atom. The van der Waals surface area contributed by atoms with Gasteiger partial charge in [-0.1, -0.05) is 30.9 Å². The van der Waals surface area contributed by atoms with Crippen molar-refractivity contribution in [3.8, 4) is 0 Å². The lowest BCUT2D eigenvalue weighted by Gasteiger charge is -2.25. The Balaban J connectivity index is 2.12. The van der Waals surface area contributed by atoms with E-state index in [1.165, 1.54) is 37.6 Å².